The molecule has 12 heteroatoms. The van der Waals surface area contributed by atoms with Gasteiger partial charge in [0.25, 0.3) is 0 Å². The Morgan fingerprint density at radius 1 is 0.516 bits per heavy atom. The van der Waals surface area contributed by atoms with E-state index in [1.165, 1.54) is 0 Å². The van der Waals surface area contributed by atoms with E-state index in [1.54, 1.807) is 21.6 Å². The average molecular weight is 893 g/mol. The number of fused-ring (bicyclic) bond motifs is 4. The molecule has 0 radical (unpaired) electrons. The molecule has 0 fully saturated rings. The maximum atomic E-state index is 13.8. The van der Waals surface area contributed by atoms with Crippen LogP contribution >= 0.6 is 21.6 Å². The van der Waals surface area contributed by atoms with Gasteiger partial charge in [-0.05, 0) is 59.7 Å². The molecule has 0 atom stereocenters. The topological polar surface area (TPSA) is 91.4 Å². The van der Waals surface area contributed by atoms with Crippen LogP contribution in [0.1, 0.15) is 20.7 Å². The minimum atomic E-state index is -0.394. The van der Waals surface area contributed by atoms with Crippen molar-refractivity contribution >= 4 is 66.8 Å². The second-order valence-corrected chi connectivity index (χ2v) is 19.0. The molecule has 0 saturated heterocycles. The van der Waals surface area contributed by atoms with Gasteiger partial charge >= 0.3 is 11.9 Å². The number of anilines is 2. The number of nitrogens with zero attached hydrogens (tertiary/aromatic N) is 4. The van der Waals surface area contributed by atoms with Crippen LogP contribution in [0.5, 0.6) is 0 Å². The Labute approximate surface area is 381 Å². The van der Waals surface area contributed by atoms with Crippen LogP contribution < -0.4 is 29.7 Å². The second-order valence-electron chi connectivity index (χ2n) is 16.3. The van der Waals surface area contributed by atoms with Gasteiger partial charge in [0.05, 0.1) is 23.3 Å². The monoisotopic (exact) mass is 892 g/mol. The van der Waals surface area contributed by atoms with Crippen LogP contribution in [-0.4, -0.2) is 93.0 Å². The average Bonchev–Trinajstić information content (AvgIpc) is 3.29. The van der Waals surface area contributed by atoms with E-state index in [2.05, 4.69) is 48.5 Å². The van der Waals surface area contributed by atoms with E-state index in [1.807, 2.05) is 148 Å². The highest BCUT2D eigenvalue weighted by atomic mass is 33.1. The molecule has 4 aliphatic rings. The van der Waals surface area contributed by atoms with Gasteiger partial charge < -0.3 is 28.1 Å². The Morgan fingerprint density at radius 2 is 0.922 bits per heavy atom. The Hall–Kier alpha value is -6.50. The van der Waals surface area contributed by atoms with Gasteiger partial charge in [0, 0.05) is 108 Å². The summed E-state index contributed by atoms with van der Waals surface area (Å²) < 4.78 is 28.8. The maximum Gasteiger partial charge on any atom is 0.338 e. The van der Waals surface area contributed by atoms with Crippen molar-refractivity contribution in [2.75, 3.05) is 90.9 Å². The third-order valence-corrected chi connectivity index (χ3v) is 13.5. The van der Waals surface area contributed by atoms with Gasteiger partial charge in [-0.3, -0.25) is 0 Å². The van der Waals surface area contributed by atoms with E-state index in [-0.39, 0.29) is 13.2 Å². The molecule has 0 unspecified atom stereocenters. The van der Waals surface area contributed by atoms with Crippen LogP contribution in [0, 0.1) is 0 Å². The van der Waals surface area contributed by atoms with Crippen LogP contribution in [-0.2, 0) is 9.47 Å². The number of carbonyl (C=O) groups excluding carboxylic acids is 2. The van der Waals surface area contributed by atoms with E-state index >= 15 is 0 Å². The number of carbonyl (C=O) groups is 2. The molecule has 2 aliphatic heterocycles. The van der Waals surface area contributed by atoms with E-state index < -0.39 is 11.9 Å². The molecule has 4 aromatic rings. The summed E-state index contributed by atoms with van der Waals surface area (Å²) in [5.74, 6) is 1.79. The normalized spacial score (nSPS) is 11.3. The summed E-state index contributed by atoms with van der Waals surface area (Å²) in [6.45, 7) is 0.443. The van der Waals surface area contributed by atoms with Gasteiger partial charge in [0.15, 0.2) is 0 Å². The predicted molar refractivity (Wildman–Crippen MR) is 265 cm³/mol. The molecule has 10 nitrogen and oxygen atoms in total. The Balaban J connectivity index is 0.925. The molecule has 0 saturated carbocycles. The number of hydrogen-bond donors (Lipinski definition) is 0. The molecule has 0 aromatic heterocycles. The second kappa shape index (κ2) is 19.1. The molecule has 0 N–H and O–H groups in total. The molecule has 4 aromatic carbocycles. The zero-order chi connectivity index (χ0) is 45.1. The number of rotatable bonds is 13. The van der Waals surface area contributed by atoms with E-state index in [4.69, 9.17) is 18.3 Å². The fourth-order valence-electron chi connectivity index (χ4n) is 7.80. The minimum Gasteiger partial charge on any atom is -0.461 e. The van der Waals surface area contributed by atoms with Gasteiger partial charge in [-0.2, -0.15) is 0 Å². The van der Waals surface area contributed by atoms with Crippen molar-refractivity contribution in [1.29, 1.82) is 0 Å². The number of ether oxygens (including phenoxy) is 2. The summed E-state index contributed by atoms with van der Waals surface area (Å²) >= 11 is 0. The van der Waals surface area contributed by atoms with Crippen molar-refractivity contribution in [2.24, 2.45) is 0 Å². The molecule has 326 valence electrons. The fourth-order valence-corrected chi connectivity index (χ4v) is 9.45. The zero-order valence-corrected chi connectivity index (χ0v) is 39.1. The van der Waals surface area contributed by atoms with Crippen molar-refractivity contribution in [3.63, 3.8) is 0 Å². The SMILES string of the molecule is CN(C)c1ccc2c(-c3ccccc3C(=O)OCCSSCCOC(=O)c3ccccc3-c3c4ccc(=[N+](C)C)cc-4oc4cc(N(C)C)ccc34)c3ccc(=[N+](C)C)cc-3oc2c1. The number of esters is 2. The van der Waals surface area contributed by atoms with Gasteiger partial charge in [-0.25, -0.2) is 18.7 Å². The smallest absolute Gasteiger partial charge is 0.338 e. The molecule has 8 rings (SSSR count). The maximum absolute atomic E-state index is 13.8. The zero-order valence-electron chi connectivity index (χ0n) is 37.4. The lowest BCUT2D eigenvalue weighted by molar-refractivity contribution is 0.0521. The van der Waals surface area contributed by atoms with Crippen LogP contribution in [0.4, 0.5) is 11.4 Å². The first-order valence-corrected chi connectivity index (χ1v) is 23.5. The minimum absolute atomic E-state index is 0.222. The molecular weight excluding hydrogens is 841 g/mol. The Morgan fingerprint density at radius 3 is 1.31 bits per heavy atom. The summed E-state index contributed by atoms with van der Waals surface area (Å²) in [4.78, 5) is 31.6. The molecular formula is C52H52N4O6S2+2. The first-order chi connectivity index (χ1) is 30.9. The van der Waals surface area contributed by atoms with Gasteiger partial charge in [0.2, 0.25) is 10.7 Å². The van der Waals surface area contributed by atoms with Crippen molar-refractivity contribution < 1.29 is 27.9 Å². The van der Waals surface area contributed by atoms with Crippen molar-refractivity contribution in [3.8, 4) is 44.9 Å². The summed E-state index contributed by atoms with van der Waals surface area (Å²) in [5.41, 5.74) is 9.64. The van der Waals surface area contributed by atoms with Crippen LogP contribution in [0.3, 0.4) is 0 Å². The molecule has 2 aliphatic carbocycles. The third-order valence-electron chi connectivity index (χ3n) is 11.2. The van der Waals surface area contributed by atoms with Crippen LogP contribution in [0.2, 0.25) is 0 Å². The van der Waals surface area contributed by atoms with Crippen molar-refractivity contribution in [3.05, 3.63) is 143 Å². The fraction of sp³-hybridized carbons (Fsp3) is 0.231. The number of benzene rings is 6. The summed E-state index contributed by atoms with van der Waals surface area (Å²) in [5, 5.41) is 3.83. The van der Waals surface area contributed by atoms with E-state index in [0.29, 0.717) is 22.6 Å². The first-order valence-electron chi connectivity index (χ1n) is 21.0. The lowest BCUT2D eigenvalue weighted by atomic mass is 9.90. The third kappa shape index (κ3) is 9.11. The molecule has 0 bridgehead atoms. The van der Waals surface area contributed by atoms with E-state index in [0.717, 1.165) is 88.9 Å². The molecule has 0 spiro atoms. The van der Waals surface area contributed by atoms with E-state index in [9.17, 15) is 9.59 Å². The lowest BCUT2D eigenvalue weighted by Crippen LogP contribution is -2.21. The van der Waals surface area contributed by atoms with Crippen LogP contribution in [0.15, 0.2) is 130 Å². The van der Waals surface area contributed by atoms with Gasteiger partial charge in [-0.1, -0.05) is 58.0 Å². The highest BCUT2D eigenvalue weighted by Gasteiger charge is 2.25. The molecule has 0 amide bonds. The summed E-state index contributed by atoms with van der Waals surface area (Å²) in [6, 6.07) is 39.7. The Kier molecular flexibility index (Phi) is 13.2. The predicted octanol–water partition coefficient (Wildman–Crippen LogP) is 9.31. The van der Waals surface area contributed by atoms with Crippen LogP contribution in [0.25, 0.3) is 66.8 Å². The standard InChI is InChI=1S/C52H52N4O6S2/c1-53(2)33-17-21-41-45(29-33)61-46-30-34(54(3)4)18-22-42(46)49(41)37-13-9-11-15-39(37)51(57)59-25-27-63-64-28-26-60-52(58)40-16-12-10-14-38(40)50-43-23-19-35(55(5)6)31-47(43)62-48-32-36(56(7)8)20-24-44(48)50/h9-24,29-32H,25-28H2,1-8H3/q+2. The highest BCUT2D eigenvalue weighted by Crippen LogP contribution is 2.44. The number of hydrogen-bond acceptors (Lipinski definition) is 10. The summed E-state index contributed by atoms with van der Waals surface area (Å²) in [6.07, 6.45) is 0. The largest absolute Gasteiger partial charge is 0.461 e. The van der Waals surface area contributed by atoms with Gasteiger partial charge in [0.1, 0.15) is 64.1 Å². The Bertz CT molecular complexity index is 2920. The summed E-state index contributed by atoms with van der Waals surface area (Å²) in [7, 11) is 19.1. The van der Waals surface area contributed by atoms with Crippen molar-refractivity contribution in [1.82, 2.24) is 9.15 Å². The molecule has 2 heterocycles. The first kappa shape index (κ1) is 44.1. The van der Waals surface area contributed by atoms with Crippen molar-refractivity contribution in [2.45, 2.75) is 0 Å². The van der Waals surface area contributed by atoms with Gasteiger partial charge in [-0.15, -0.1) is 0 Å². The highest BCUT2D eigenvalue weighted by molar-refractivity contribution is 8.76. The quantitative estimate of drug-likeness (QED) is 0.0367. The molecule has 64 heavy (non-hydrogen) atoms. The lowest BCUT2D eigenvalue weighted by Gasteiger charge is -2.19.